The van der Waals surface area contributed by atoms with Gasteiger partial charge in [-0.15, -0.1) is 10.2 Å². The molecule has 1 aliphatic rings. The molecule has 26 heavy (non-hydrogen) atoms. The third-order valence-electron chi connectivity index (χ3n) is 4.47. The Bertz CT molecular complexity index is 832. The summed E-state index contributed by atoms with van der Waals surface area (Å²) in [6.07, 6.45) is 3.56. The number of nitrogens with one attached hydrogen (secondary N) is 3. The minimum absolute atomic E-state index is 0.738. The summed E-state index contributed by atoms with van der Waals surface area (Å²) in [6, 6.07) is 10.1. The summed E-state index contributed by atoms with van der Waals surface area (Å²) in [6.45, 7) is 2.72. The Hall–Kier alpha value is -2.87. The minimum atomic E-state index is 0.738. The zero-order valence-electron chi connectivity index (χ0n) is 14.6. The molecule has 8 nitrogen and oxygen atoms in total. The van der Waals surface area contributed by atoms with Crippen LogP contribution in [0.25, 0.3) is 11.4 Å². The lowest BCUT2D eigenvalue weighted by molar-refractivity contribution is 0.708. The van der Waals surface area contributed by atoms with Crippen molar-refractivity contribution in [2.75, 3.05) is 25.0 Å². The van der Waals surface area contributed by atoms with Crippen LogP contribution in [0.3, 0.4) is 0 Å². The SMILES string of the molecule is c1ccc(-c2nc3c(c(NCCCc4nn[nH]n4)n2)CCNCC3)cc1. The number of fused-ring (bicyclic) bond motifs is 1. The van der Waals surface area contributed by atoms with Crippen molar-refractivity contribution in [3.8, 4) is 11.4 Å². The van der Waals surface area contributed by atoms with Gasteiger partial charge in [-0.05, 0) is 19.4 Å². The second-order valence-electron chi connectivity index (χ2n) is 6.30. The number of H-pyrrole nitrogens is 1. The largest absolute Gasteiger partial charge is 0.370 e. The van der Waals surface area contributed by atoms with Gasteiger partial charge in [0, 0.05) is 37.1 Å². The smallest absolute Gasteiger partial charge is 0.174 e. The molecule has 1 aromatic carbocycles. The fraction of sp³-hybridized carbons (Fsp3) is 0.389. The molecule has 0 bridgehead atoms. The predicted molar refractivity (Wildman–Crippen MR) is 98.7 cm³/mol. The van der Waals surface area contributed by atoms with Gasteiger partial charge in [0.2, 0.25) is 0 Å². The topological polar surface area (TPSA) is 104 Å². The van der Waals surface area contributed by atoms with Crippen molar-refractivity contribution < 1.29 is 0 Å². The van der Waals surface area contributed by atoms with Crippen molar-refractivity contribution in [1.82, 2.24) is 35.9 Å². The fourth-order valence-electron chi connectivity index (χ4n) is 3.15. The average Bonchev–Trinajstić information content (AvgIpc) is 3.09. The average molecular weight is 350 g/mol. The third-order valence-corrected chi connectivity index (χ3v) is 4.47. The first-order chi connectivity index (χ1) is 12.9. The standard InChI is InChI=1S/C18H22N8/c1-2-5-13(6-3-1)17-21-15-9-12-19-11-8-14(15)18(22-17)20-10-4-7-16-23-25-26-24-16/h1-3,5-6,19H,4,7-12H2,(H,20,21,22)(H,23,24,25,26). The van der Waals surface area contributed by atoms with Gasteiger partial charge in [-0.25, -0.2) is 9.97 Å². The summed E-state index contributed by atoms with van der Waals surface area (Å²) >= 11 is 0. The lowest BCUT2D eigenvalue weighted by atomic mass is 10.1. The summed E-state index contributed by atoms with van der Waals surface area (Å²) in [5.74, 6) is 2.47. The molecule has 2 aromatic heterocycles. The van der Waals surface area contributed by atoms with E-state index in [0.717, 1.165) is 74.0 Å². The van der Waals surface area contributed by atoms with Gasteiger partial charge >= 0.3 is 0 Å². The van der Waals surface area contributed by atoms with E-state index in [-0.39, 0.29) is 0 Å². The van der Waals surface area contributed by atoms with E-state index in [9.17, 15) is 0 Å². The van der Waals surface area contributed by atoms with E-state index in [1.54, 1.807) is 0 Å². The first-order valence-electron chi connectivity index (χ1n) is 9.02. The van der Waals surface area contributed by atoms with E-state index >= 15 is 0 Å². The Morgan fingerprint density at radius 1 is 1.04 bits per heavy atom. The number of anilines is 1. The maximum absolute atomic E-state index is 4.85. The molecule has 3 aromatic rings. The molecule has 0 spiro atoms. The second-order valence-corrected chi connectivity index (χ2v) is 6.30. The van der Waals surface area contributed by atoms with Crippen LogP contribution in [0.15, 0.2) is 30.3 Å². The van der Waals surface area contributed by atoms with E-state index in [2.05, 4.69) is 43.4 Å². The Morgan fingerprint density at radius 3 is 2.77 bits per heavy atom. The molecule has 0 atom stereocenters. The van der Waals surface area contributed by atoms with Crippen LogP contribution < -0.4 is 10.6 Å². The fourth-order valence-corrected chi connectivity index (χ4v) is 3.15. The molecule has 8 heteroatoms. The Labute approximate surface area is 151 Å². The van der Waals surface area contributed by atoms with Gasteiger partial charge in [0.15, 0.2) is 11.6 Å². The predicted octanol–water partition coefficient (Wildman–Crippen LogP) is 1.39. The Kier molecular flexibility index (Phi) is 5.11. The number of hydrogen-bond donors (Lipinski definition) is 3. The molecule has 0 fully saturated rings. The molecule has 0 saturated heterocycles. The van der Waals surface area contributed by atoms with Gasteiger partial charge in [0.25, 0.3) is 0 Å². The molecule has 4 rings (SSSR count). The first kappa shape index (κ1) is 16.6. The van der Waals surface area contributed by atoms with Crippen LogP contribution in [0, 0.1) is 0 Å². The van der Waals surface area contributed by atoms with Crippen molar-refractivity contribution in [1.29, 1.82) is 0 Å². The van der Waals surface area contributed by atoms with Gasteiger partial charge in [0.1, 0.15) is 5.82 Å². The molecular weight excluding hydrogens is 328 g/mol. The van der Waals surface area contributed by atoms with Crippen molar-refractivity contribution in [3.05, 3.63) is 47.4 Å². The normalized spacial score (nSPS) is 13.8. The maximum Gasteiger partial charge on any atom is 0.174 e. The van der Waals surface area contributed by atoms with Gasteiger partial charge in [-0.3, -0.25) is 0 Å². The summed E-state index contributed by atoms with van der Waals surface area (Å²) in [4.78, 5) is 9.68. The number of aromatic amines is 1. The Balaban J connectivity index is 1.55. The van der Waals surface area contributed by atoms with Crippen LogP contribution in [0.1, 0.15) is 23.5 Å². The van der Waals surface area contributed by atoms with Gasteiger partial charge in [-0.1, -0.05) is 35.5 Å². The Morgan fingerprint density at radius 2 is 1.92 bits per heavy atom. The highest BCUT2D eigenvalue weighted by molar-refractivity contribution is 5.60. The minimum Gasteiger partial charge on any atom is -0.370 e. The first-order valence-corrected chi connectivity index (χ1v) is 9.02. The van der Waals surface area contributed by atoms with E-state index in [4.69, 9.17) is 9.97 Å². The van der Waals surface area contributed by atoms with Crippen molar-refractivity contribution >= 4 is 5.82 Å². The molecule has 0 unspecified atom stereocenters. The van der Waals surface area contributed by atoms with Crippen LogP contribution in [0.2, 0.25) is 0 Å². The zero-order valence-corrected chi connectivity index (χ0v) is 14.6. The zero-order chi connectivity index (χ0) is 17.6. The van der Waals surface area contributed by atoms with Gasteiger partial charge < -0.3 is 10.6 Å². The van der Waals surface area contributed by atoms with E-state index in [1.807, 2.05) is 18.2 Å². The van der Waals surface area contributed by atoms with Crippen LogP contribution >= 0.6 is 0 Å². The van der Waals surface area contributed by atoms with Crippen LogP contribution in [-0.2, 0) is 19.3 Å². The highest BCUT2D eigenvalue weighted by Gasteiger charge is 2.17. The molecule has 3 N–H and O–H groups in total. The summed E-state index contributed by atoms with van der Waals surface area (Å²) < 4.78 is 0. The lowest BCUT2D eigenvalue weighted by Gasteiger charge is -2.14. The van der Waals surface area contributed by atoms with Crippen LogP contribution in [0.4, 0.5) is 5.82 Å². The summed E-state index contributed by atoms with van der Waals surface area (Å²) in [7, 11) is 0. The maximum atomic E-state index is 4.85. The number of aromatic nitrogens is 6. The van der Waals surface area contributed by atoms with Crippen molar-refractivity contribution in [2.45, 2.75) is 25.7 Å². The van der Waals surface area contributed by atoms with Crippen molar-refractivity contribution in [3.63, 3.8) is 0 Å². The molecule has 0 aliphatic carbocycles. The summed E-state index contributed by atoms with van der Waals surface area (Å²) in [5, 5.41) is 21.0. The molecule has 0 saturated carbocycles. The van der Waals surface area contributed by atoms with E-state index < -0.39 is 0 Å². The molecule has 0 amide bonds. The number of nitrogens with zero attached hydrogens (tertiary/aromatic N) is 5. The van der Waals surface area contributed by atoms with Gasteiger partial charge in [0.05, 0.1) is 5.69 Å². The third kappa shape index (κ3) is 3.85. The second kappa shape index (κ2) is 8.01. The molecule has 0 radical (unpaired) electrons. The van der Waals surface area contributed by atoms with Crippen LogP contribution in [-0.4, -0.2) is 50.2 Å². The quantitative estimate of drug-likeness (QED) is 0.577. The number of tetrazole rings is 1. The highest BCUT2D eigenvalue weighted by atomic mass is 15.5. The van der Waals surface area contributed by atoms with Gasteiger partial charge in [-0.2, -0.15) is 5.21 Å². The highest BCUT2D eigenvalue weighted by Crippen LogP contribution is 2.24. The monoisotopic (exact) mass is 350 g/mol. The summed E-state index contributed by atoms with van der Waals surface area (Å²) in [5.41, 5.74) is 3.42. The molecular formula is C18H22N8. The number of rotatable bonds is 6. The number of benzene rings is 1. The van der Waals surface area contributed by atoms with Crippen LogP contribution in [0.5, 0.6) is 0 Å². The molecule has 134 valence electrons. The van der Waals surface area contributed by atoms with Crippen molar-refractivity contribution in [2.24, 2.45) is 0 Å². The van der Waals surface area contributed by atoms with E-state index in [1.165, 1.54) is 5.56 Å². The van der Waals surface area contributed by atoms with E-state index in [0.29, 0.717) is 0 Å². The lowest BCUT2D eigenvalue weighted by Crippen LogP contribution is -2.16. The molecule has 3 heterocycles. The number of hydrogen-bond acceptors (Lipinski definition) is 7. The number of aryl methyl sites for hydroxylation is 1. The molecule has 1 aliphatic heterocycles.